The number of hydrazine groups is 1. The highest BCUT2D eigenvalue weighted by molar-refractivity contribution is 4.17. The molecule has 0 unspecified atom stereocenters. The molecule has 0 aromatic heterocycles. The highest BCUT2D eigenvalue weighted by Gasteiger charge is 1.87. The summed E-state index contributed by atoms with van der Waals surface area (Å²) in [5, 5.41) is 9.87. The molecule has 0 spiro atoms. The standard InChI is InChI=1S/C2H6N2O2/c1-3(5)4(2)6/h1-2H3. The van der Waals surface area contributed by atoms with Gasteiger partial charge in [-0.05, 0) is 0 Å². The molecule has 0 bridgehead atoms. The van der Waals surface area contributed by atoms with Gasteiger partial charge in [0.1, 0.15) is 4.87 Å². The van der Waals surface area contributed by atoms with Crippen LogP contribution in [0, 0.1) is 10.1 Å². The Bertz CT molecular complexity index is 60.6. The van der Waals surface area contributed by atoms with Crippen LogP contribution in [-0.4, -0.2) is 24.1 Å². The lowest BCUT2D eigenvalue weighted by atomic mass is 11.3. The number of hydrogen-bond acceptors (Lipinski definition) is 2. The molecule has 0 fully saturated rings. The van der Waals surface area contributed by atoms with Crippen molar-refractivity contribution in [3.63, 3.8) is 0 Å². The topological polar surface area (TPSA) is 46.4 Å². The van der Waals surface area contributed by atoms with Crippen molar-refractivity contribution in [2.75, 3.05) is 14.1 Å². The lowest BCUT2D eigenvalue weighted by Crippen LogP contribution is -2.18. The largest absolute Gasteiger partial charge is 0.705 e. The molecule has 0 aliphatic carbocycles. The zero-order valence-corrected chi connectivity index (χ0v) is 3.71. The van der Waals surface area contributed by atoms with Gasteiger partial charge in [0.2, 0.25) is 7.05 Å². The fraction of sp³-hybridized carbons (Fsp3) is 1.00. The van der Waals surface area contributed by atoms with E-state index in [0.717, 1.165) is 14.1 Å². The second kappa shape index (κ2) is 1.71. The average Bonchev–Trinajstić information content (AvgIpc) is 1.36. The van der Waals surface area contributed by atoms with E-state index in [4.69, 9.17) is 0 Å². The summed E-state index contributed by atoms with van der Waals surface area (Å²) in [5.41, 5.74) is 0. The molecule has 0 rings (SSSR count). The average molecular weight is 90.1 g/mol. The molecule has 0 radical (unpaired) electrons. The van der Waals surface area contributed by atoms with Crippen molar-refractivity contribution in [1.29, 1.82) is 0 Å². The van der Waals surface area contributed by atoms with Crippen LogP contribution in [0.2, 0.25) is 0 Å². The van der Waals surface area contributed by atoms with E-state index in [9.17, 15) is 10.1 Å². The SMILES string of the molecule is CN([O-])[N+](C)=O. The number of hydroxylamine groups is 1. The molecule has 0 atom stereocenters. The Morgan fingerprint density at radius 3 is 2.00 bits per heavy atom. The second-order valence-corrected chi connectivity index (χ2v) is 0.928. The zero-order chi connectivity index (χ0) is 5.15. The Balaban J connectivity index is 3.26. The number of nitroso groups, excluding NO2 is 1. The first-order valence-electron chi connectivity index (χ1n) is 1.46. The zero-order valence-electron chi connectivity index (χ0n) is 3.71. The van der Waals surface area contributed by atoms with Crippen LogP contribution in [0.25, 0.3) is 0 Å². The maximum atomic E-state index is 9.67. The Morgan fingerprint density at radius 1 is 1.83 bits per heavy atom. The second-order valence-electron chi connectivity index (χ2n) is 0.928. The van der Waals surface area contributed by atoms with E-state index in [0.29, 0.717) is 0 Å². The van der Waals surface area contributed by atoms with Gasteiger partial charge in [-0.15, -0.1) is 0 Å². The third kappa shape index (κ3) is 1.66. The summed E-state index contributed by atoms with van der Waals surface area (Å²) in [6.45, 7) is 0. The summed E-state index contributed by atoms with van der Waals surface area (Å²) in [6, 6.07) is 0. The summed E-state index contributed by atoms with van der Waals surface area (Å²) in [6.07, 6.45) is 0. The molecule has 36 valence electrons. The third-order valence-corrected chi connectivity index (χ3v) is 0.397. The highest BCUT2D eigenvalue weighted by Crippen LogP contribution is 1.68. The maximum absolute atomic E-state index is 9.67. The van der Waals surface area contributed by atoms with Gasteiger partial charge < -0.3 is 5.21 Å². The van der Waals surface area contributed by atoms with E-state index in [1.807, 2.05) is 0 Å². The molecule has 0 aromatic rings. The summed E-state index contributed by atoms with van der Waals surface area (Å²) < 4.78 is 0. The minimum Gasteiger partial charge on any atom is -0.705 e. The highest BCUT2D eigenvalue weighted by atomic mass is 16.6. The van der Waals surface area contributed by atoms with Gasteiger partial charge in [-0.2, -0.15) is 5.17 Å². The van der Waals surface area contributed by atoms with Crippen LogP contribution in [-0.2, 0) is 0 Å². The smallest absolute Gasteiger partial charge is 0.215 e. The van der Waals surface area contributed by atoms with Gasteiger partial charge in [0.25, 0.3) is 0 Å². The first-order valence-corrected chi connectivity index (χ1v) is 1.46. The van der Waals surface area contributed by atoms with Gasteiger partial charge in [-0.3, -0.25) is 0 Å². The number of rotatable bonds is 1. The van der Waals surface area contributed by atoms with Crippen molar-refractivity contribution in [3.05, 3.63) is 10.1 Å². The normalized spacial score (nSPS) is 7.83. The Morgan fingerprint density at radius 2 is 2.00 bits per heavy atom. The number of hydrogen-bond donors (Lipinski definition) is 0. The molecule has 0 heterocycles. The molecule has 0 aliphatic heterocycles. The summed E-state index contributed by atoms with van der Waals surface area (Å²) in [7, 11) is 2.26. The van der Waals surface area contributed by atoms with Gasteiger partial charge in [-0.25, -0.2) is 0 Å². The van der Waals surface area contributed by atoms with Crippen LogP contribution in [0.1, 0.15) is 0 Å². The van der Waals surface area contributed by atoms with Crippen LogP contribution in [0.15, 0.2) is 0 Å². The lowest BCUT2D eigenvalue weighted by molar-refractivity contribution is -0.665. The van der Waals surface area contributed by atoms with Crippen molar-refractivity contribution in [2.24, 2.45) is 0 Å². The van der Waals surface area contributed by atoms with Gasteiger partial charge in [0.15, 0.2) is 0 Å². The van der Waals surface area contributed by atoms with Crippen molar-refractivity contribution in [2.45, 2.75) is 0 Å². The molecule has 6 heavy (non-hydrogen) atoms. The fourth-order valence-electron chi connectivity index (χ4n) is 0. The van der Waals surface area contributed by atoms with Crippen LogP contribution in [0.4, 0.5) is 0 Å². The molecule has 0 saturated heterocycles. The van der Waals surface area contributed by atoms with E-state index in [1.165, 1.54) is 0 Å². The summed E-state index contributed by atoms with van der Waals surface area (Å²) in [5.74, 6) is 0. The predicted octanol–water partition coefficient (Wildman–Crippen LogP) is -0.260. The molecular weight excluding hydrogens is 84.0 g/mol. The summed E-state index contributed by atoms with van der Waals surface area (Å²) in [4.78, 5) is 9.87. The molecule has 4 nitrogen and oxygen atoms in total. The van der Waals surface area contributed by atoms with E-state index < -0.39 is 0 Å². The van der Waals surface area contributed by atoms with E-state index in [-0.39, 0.29) is 10.0 Å². The molecule has 0 saturated carbocycles. The first kappa shape index (κ1) is 5.36. The lowest BCUT2D eigenvalue weighted by Gasteiger charge is -2.07. The first-order chi connectivity index (χ1) is 2.64. The fourth-order valence-corrected chi connectivity index (χ4v) is 0. The maximum Gasteiger partial charge on any atom is 0.215 e. The Labute approximate surface area is 35.5 Å². The third-order valence-electron chi connectivity index (χ3n) is 0.397. The Hall–Kier alpha value is -0.640. The van der Waals surface area contributed by atoms with Gasteiger partial charge in [-0.1, -0.05) is 0 Å². The monoisotopic (exact) mass is 90.0 g/mol. The molecular formula is C2H6N2O2. The summed E-state index contributed by atoms with van der Waals surface area (Å²) >= 11 is 0. The number of nitrogens with zero attached hydrogens (tertiary/aromatic N) is 2. The Kier molecular flexibility index (Phi) is 1.53. The van der Waals surface area contributed by atoms with Gasteiger partial charge >= 0.3 is 0 Å². The molecule has 0 amide bonds. The minimum atomic E-state index is 0.194. The van der Waals surface area contributed by atoms with Crippen LogP contribution in [0.3, 0.4) is 0 Å². The molecule has 4 heteroatoms. The van der Waals surface area contributed by atoms with E-state index in [2.05, 4.69) is 0 Å². The minimum absolute atomic E-state index is 0.194. The van der Waals surface area contributed by atoms with Crippen LogP contribution < -0.4 is 0 Å². The van der Waals surface area contributed by atoms with Crippen molar-refractivity contribution in [1.82, 2.24) is 5.17 Å². The van der Waals surface area contributed by atoms with Gasteiger partial charge in [0.05, 0.1) is 7.05 Å². The van der Waals surface area contributed by atoms with Crippen molar-refractivity contribution < 1.29 is 4.87 Å². The molecule has 0 aliphatic rings. The molecule has 0 N–H and O–H groups in total. The van der Waals surface area contributed by atoms with Crippen LogP contribution >= 0.6 is 0 Å². The van der Waals surface area contributed by atoms with Crippen molar-refractivity contribution >= 4 is 0 Å². The van der Waals surface area contributed by atoms with Crippen molar-refractivity contribution in [3.8, 4) is 0 Å². The predicted molar refractivity (Wildman–Crippen MR) is 20.7 cm³/mol. The molecule has 0 aromatic carbocycles. The van der Waals surface area contributed by atoms with E-state index in [1.54, 1.807) is 0 Å². The van der Waals surface area contributed by atoms with E-state index >= 15 is 0 Å². The van der Waals surface area contributed by atoms with Crippen LogP contribution in [0.5, 0.6) is 0 Å². The van der Waals surface area contributed by atoms with Gasteiger partial charge in [0, 0.05) is 4.91 Å². The quantitative estimate of drug-likeness (QED) is 0.329.